The third kappa shape index (κ3) is 3.53. The van der Waals surface area contributed by atoms with Gasteiger partial charge in [0.15, 0.2) is 6.19 Å². The molecule has 0 aromatic rings. The Morgan fingerprint density at radius 3 is 2.78 bits per heavy atom. The van der Waals surface area contributed by atoms with Crippen molar-refractivity contribution in [3.05, 3.63) is 0 Å². The van der Waals surface area contributed by atoms with Crippen LogP contribution >= 0.6 is 0 Å². The van der Waals surface area contributed by atoms with Gasteiger partial charge in [-0.3, -0.25) is 4.79 Å². The molecule has 1 atom stereocenters. The van der Waals surface area contributed by atoms with Crippen molar-refractivity contribution in [2.24, 2.45) is 5.92 Å². The van der Waals surface area contributed by atoms with Gasteiger partial charge in [0.25, 0.3) is 0 Å². The highest BCUT2D eigenvalue weighted by atomic mass is 16.1. The Labute approximate surface area is 54.7 Å². The van der Waals surface area contributed by atoms with E-state index in [1.165, 1.54) is 6.92 Å². The van der Waals surface area contributed by atoms with E-state index < -0.39 is 0 Å². The summed E-state index contributed by atoms with van der Waals surface area (Å²) in [5, 5.41) is 10.4. The Balaban J connectivity index is 3.41. The van der Waals surface area contributed by atoms with Gasteiger partial charge < -0.3 is 5.32 Å². The molecule has 0 aliphatic heterocycles. The van der Waals surface area contributed by atoms with Crippen LogP contribution in [0.5, 0.6) is 0 Å². The first-order valence-corrected chi connectivity index (χ1v) is 2.81. The molecule has 1 N–H and O–H groups in total. The van der Waals surface area contributed by atoms with Crippen LogP contribution in [0.4, 0.5) is 0 Å². The first kappa shape index (κ1) is 7.96. The van der Waals surface area contributed by atoms with E-state index >= 15 is 0 Å². The SMILES string of the molecule is CC(=O)C(C)CNC#N. The van der Waals surface area contributed by atoms with E-state index in [9.17, 15) is 4.79 Å². The standard InChI is InChI=1S/C6H10N2O/c1-5(6(2)9)3-8-4-7/h5,8H,3H2,1-2H3. The van der Waals surface area contributed by atoms with E-state index in [2.05, 4.69) is 5.32 Å². The Morgan fingerprint density at radius 1 is 1.89 bits per heavy atom. The molecule has 0 aliphatic rings. The van der Waals surface area contributed by atoms with E-state index in [1.807, 2.05) is 0 Å². The average molecular weight is 126 g/mol. The van der Waals surface area contributed by atoms with Gasteiger partial charge in [0.2, 0.25) is 0 Å². The molecule has 0 amide bonds. The second-order valence-electron chi connectivity index (χ2n) is 2.00. The van der Waals surface area contributed by atoms with Crippen LogP contribution in [-0.2, 0) is 4.79 Å². The van der Waals surface area contributed by atoms with Gasteiger partial charge >= 0.3 is 0 Å². The minimum absolute atomic E-state index is 0.0513. The lowest BCUT2D eigenvalue weighted by Crippen LogP contribution is -2.21. The lowest BCUT2D eigenvalue weighted by Gasteiger charge is -2.02. The number of nitriles is 1. The van der Waals surface area contributed by atoms with E-state index in [4.69, 9.17) is 5.26 Å². The Hall–Kier alpha value is -1.04. The number of nitrogens with zero attached hydrogens (tertiary/aromatic N) is 1. The van der Waals surface area contributed by atoms with Crippen molar-refractivity contribution in [1.29, 1.82) is 5.26 Å². The van der Waals surface area contributed by atoms with Gasteiger partial charge in [-0.2, -0.15) is 5.26 Å². The molecule has 0 saturated carbocycles. The topological polar surface area (TPSA) is 52.9 Å². The largest absolute Gasteiger partial charge is 0.323 e. The zero-order valence-corrected chi connectivity index (χ0v) is 5.64. The summed E-state index contributed by atoms with van der Waals surface area (Å²) in [6, 6.07) is 0. The summed E-state index contributed by atoms with van der Waals surface area (Å²) in [6.45, 7) is 3.75. The Morgan fingerprint density at radius 2 is 2.44 bits per heavy atom. The van der Waals surface area contributed by atoms with Gasteiger partial charge in [-0.05, 0) is 6.92 Å². The summed E-state index contributed by atoms with van der Waals surface area (Å²) in [5.74, 6) is 0.0578. The highest BCUT2D eigenvalue weighted by Crippen LogP contribution is 1.91. The summed E-state index contributed by atoms with van der Waals surface area (Å²) >= 11 is 0. The third-order valence-corrected chi connectivity index (χ3v) is 1.18. The number of nitrogens with one attached hydrogen (secondary N) is 1. The molecule has 9 heavy (non-hydrogen) atoms. The zero-order chi connectivity index (χ0) is 7.28. The van der Waals surface area contributed by atoms with E-state index in [1.54, 1.807) is 13.1 Å². The molecular weight excluding hydrogens is 116 g/mol. The molecule has 0 saturated heterocycles. The van der Waals surface area contributed by atoms with Crippen molar-refractivity contribution >= 4 is 5.78 Å². The molecule has 3 heteroatoms. The van der Waals surface area contributed by atoms with Crippen LogP contribution in [0.3, 0.4) is 0 Å². The van der Waals surface area contributed by atoms with Crippen molar-refractivity contribution in [2.45, 2.75) is 13.8 Å². The van der Waals surface area contributed by atoms with Crippen molar-refractivity contribution < 1.29 is 4.79 Å². The summed E-state index contributed by atoms with van der Waals surface area (Å²) < 4.78 is 0. The summed E-state index contributed by atoms with van der Waals surface area (Å²) in [5.41, 5.74) is 0. The summed E-state index contributed by atoms with van der Waals surface area (Å²) in [4.78, 5) is 10.5. The average Bonchev–Trinajstić information content (AvgIpc) is 1.82. The van der Waals surface area contributed by atoms with Crippen LogP contribution in [0.25, 0.3) is 0 Å². The first-order valence-electron chi connectivity index (χ1n) is 2.81. The maximum absolute atomic E-state index is 10.5. The normalized spacial score (nSPS) is 11.7. The molecule has 1 unspecified atom stereocenters. The number of ketones is 1. The molecule has 0 aromatic carbocycles. The molecular formula is C6H10N2O. The minimum atomic E-state index is -0.0513. The highest BCUT2D eigenvalue weighted by molar-refractivity contribution is 5.78. The highest BCUT2D eigenvalue weighted by Gasteiger charge is 2.04. The van der Waals surface area contributed by atoms with Crippen LogP contribution in [0.1, 0.15) is 13.8 Å². The van der Waals surface area contributed by atoms with Crippen LogP contribution in [-0.4, -0.2) is 12.3 Å². The second kappa shape index (κ2) is 3.90. The number of carbonyl (C=O) groups is 1. The van der Waals surface area contributed by atoms with Crippen LogP contribution < -0.4 is 5.32 Å². The van der Waals surface area contributed by atoms with Crippen LogP contribution in [0, 0.1) is 17.4 Å². The summed E-state index contributed by atoms with van der Waals surface area (Å²) in [7, 11) is 0. The Kier molecular flexibility index (Phi) is 3.45. The van der Waals surface area contributed by atoms with E-state index in [0.717, 1.165) is 0 Å². The fraction of sp³-hybridized carbons (Fsp3) is 0.667. The smallest absolute Gasteiger partial charge is 0.176 e. The molecule has 0 radical (unpaired) electrons. The molecule has 0 rings (SSSR count). The molecule has 0 heterocycles. The predicted molar refractivity (Wildman–Crippen MR) is 33.5 cm³/mol. The number of hydrogen-bond donors (Lipinski definition) is 1. The van der Waals surface area contributed by atoms with Gasteiger partial charge in [-0.1, -0.05) is 6.92 Å². The number of carbonyl (C=O) groups excluding carboxylic acids is 1. The Bertz CT molecular complexity index is 136. The van der Waals surface area contributed by atoms with Crippen molar-refractivity contribution in [2.75, 3.05) is 6.54 Å². The number of Topliss-reactive ketones (excluding diaryl/α,β-unsaturated/α-hetero) is 1. The predicted octanol–water partition coefficient (Wildman–Crippen LogP) is 0.282. The molecule has 0 fully saturated rings. The van der Waals surface area contributed by atoms with Crippen LogP contribution in [0.2, 0.25) is 0 Å². The minimum Gasteiger partial charge on any atom is -0.323 e. The van der Waals surface area contributed by atoms with E-state index in [-0.39, 0.29) is 11.7 Å². The van der Waals surface area contributed by atoms with Gasteiger partial charge in [0, 0.05) is 12.5 Å². The second-order valence-corrected chi connectivity index (χ2v) is 2.00. The number of rotatable bonds is 3. The molecule has 0 bridgehead atoms. The zero-order valence-electron chi connectivity index (χ0n) is 5.64. The molecule has 3 nitrogen and oxygen atoms in total. The van der Waals surface area contributed by atoms with Gasteiger partial charge in [-0.15, -0.1) is 0 Å². The maximum atomic E-state index is 10.5. The molecule has 0 spiro atoms. The molecule has 0 aliphatic carbocycles. The fourth-order valence-corrected chi connectivity index (χ4v) is 0.342. The monoisotopic (exact) mass is 126 g/mol. The van der Waals surface area contributed by atoms with E-state index in [0.29, 0.717) is 6.54 Å². The van der Waals surface area contributed by atoms with Gasteiger partial charge in [0.05, 0.1) is 0 Å². The van der Waals surface area contributed by atoms with Crippen molar-refractivity contribution in [1.82, 2.24) is 5.32 Å². The molecule has 0 aromatic heterocycles. The van der Waals surface area contributed by atoms with Crippen LogP contribution in [0.15, 0.2) is 0 Å². The van der Waals surface area contributed by atoms with Gasteiger partial charge in [0.1, 0.15) is 5.78 Å². The quantitative estimate of drug-likeness (QED) is 0.436. The lowest BCUT2D eigenvalue weighted by molar-refractivity contribution is -0.120. The van der Waals surface area contributed by atoms with Crippen molar-refractivity contribution in [3.8, 4) is 6.19 Å². The van der Waals surface area contributed by atoms with Gasteiger partial charge in [-0.25, -0.2) is 0 Å². The third-order valence-electron chi connectivity index (χ3n) is 1.18. The summed E-state index contributed by atoms with van der Waals surface area (Å²) in [6.07, 6.45) is 1.75. The maximum Gasteiger partial charge on any atom is 0.176 e. The lowest BCUT2D eigenvalue weighted by atomic mass is 10.1. The number of hydrogen-bond acceptors (Lipinski definition) is 3. The molecule has 50 valence electrons. The first-order chi connectivity index (χ1) is 4.18. The fourth-order valence-electron chi connectivity index (χ4n) is 0.342. The van der Waals surface area contributed by atoms with Crippen molar-refractivity contribution in [3.63, 3.8) is 0 Å².